The highest BCUT2D eigenvalue weighted by molar-refractivity contribution is 6.33. The molecule has 2 aromatic heterocycles. The van der Waals surface area contributed by atoms with Gasteiger partial charge in [0.25, 0.3) is 0 Å². The summed E-state index contributed by atoms with van der Waals surface area (Å²) in [5.74, 6) is 1.43. The number of anilines is 1. The molecule has 0 aliphatic heterocycles. The molecule has 0 saturated carbocycles. The summed E-state index contributed by atoms with van der Waals surface area (Å²) in [6.45, 7) is 0. The maximum atomic E-state index is 6.34. The number of hydrogen-bond acceptors (Lipinski definition) is 4. The Balaban J connectivity index is 1.93. The summed E-state index contributed by atoms with van der Waals surface area (Å²) in [4.78, 5) is 13.5. The maximum absolute atomic E-state index is 6.34. The SMILES string of the molecule is CNc1nc(-c2cccnc2)nc2cc(-c3ccccc3Cl)ccc12. The molecule has 2 heterocycles. The number of aromatic nitrogens is 3. The fourth-order valence-electron chi connectivity index (χ4n) is 2.81. The molecule has 0 spiro atoms. The second kappa shape index (κ2) is 6.49. The number of nitrogens with one attached hydrogen (secondary N) is 1. The van der Waals surface area contributed by atoms with Gasteiger partial charge in [-0.25, -0.2) is 9.97 Å². The number of nitrogens with zero attached hydrogens (tertiary/aromatic N) is 3. The summed E-state index contributed by atoms with van der Waals surface area (Å²) in [7, 11) is 1.86. The van der Waals surface area contributed by atoms with Crippen molar-refractivity contribution >= 4 is 28.3 Å². The van der Waals surface area contributed by atoms with E-state index in [1.807, 2.05) is 61.6 Å². The molecule has 0 fully saturated rings. The third-order valence-electron chi connectivity index (χ3n) is 4.04. The lowest BCUT2D eigenvalue weighted by Gasteiger charge is -2.10. The van der Waals surface area contributed by atoms with Crippen molar-refractivity contribution in [2.75, 3.05) is 12.4 Å². The molecule has 0 atom stereocenters. The van der Waals surface area contributed by atoms with Crippen LogP contribution in [0.25, 0.3) is 33.4 Å². The van der Waals surface area contributed by atoms with Crippen molar-refractivity contribution in [1.29, 1.82) is 0 Å². The first-order chi connectivity index (χ1) is 12.3. The van der Waals surface area contributed by atoms with Crippen molar-refractivity contribution in [1.82, 2.24) is 15.0 Å². The standard InChI is InChI=1S/C20H15ClN4/c1-22-20-16-9-8-13(15-6-2-3-7-17(15)21)11-18(16)24-19(25-20)14-5-4-10-23-12-14/h2-12H,1H3,(H,22,24,25). The topological polar surface area (TPSA) is 50.7 Å². The zero-order valence-corrected chi connectivity index (χ0v) is 14.3. The number of hydrogen-bond donors (Lipinski definition) is 1. The van der Waals surface area contributed by atoms with Crippen molar-refractivity contribution in [3.05, 3.63) is 72.0 Å². The Morgan fingerprint density at radius 3 is 2.56 bits per heavy atom. The number of benzene rings is 2. The third-order valence-corrected chi connectivity index (χ3v) is 4.37. The normalized spacial score (nSPS) is 10.8. The van der Waals surface area contributed by atoms with Crippen molar-refractivity contribution < 1.29 is 0 Å². The molecule has 0 saturated heterocycles. The minimum absolute atomic E-state index is 0.640. The Morgan fingerprint density at radius 1 is 0.920 bits per heavy atom. The molecule has 0 aliphatic rings. The molecule has 5 heteroatoms. The summed E-state index contributed by atoms with van der Waals surface area (Å²) in [6, 6.07) is 17.7. The van der Waals surface area contributed by atoms with Crippen LogP contribution in [0.3, 0.4) is 0 Å². The van der Waals surface area contributed by atoms with Gasteiger partial charge in [0.05, 0.1) is 5.52 Å². The lowest BCUT2D eigenvalue weighted by molar-refractivity contribution is 1.20. The second-order valence-corrected chi connectivity index (χ2v) is 6.01. The molecule has 0 aliphatic carbocycles. The van der Waals surface area contributed by atoms with Gasteiger partial charge in [0, 0.05) is 41.0 Å². The summed E-state index contributed by atoms with van der Waals surface area (Å²) in [5, 5.41) is 4.84. The van der Waals surface area contributed by atoms with Gasteiger partial charge in [-0.2, -0.15) is 0 Å². The van der Waals surface area contributed by atoms with Crippen LogP contribution in [0.4, 0.5) is 5.82 Å². The first kappa shape index (κ1) is 15.5. The lowest BCUT2D eigenvalue weighted by Crippen LogP contribution is -1.99. The molecule has 0 unspecified atom stereocenters. The van der Waals surface area contributed by atoms with E-state index < -0.39 is 0 Å². The van der Waals surface area contributed by atoms with Gasteiger partial charge < -0.3 is 5.32 Å². The van der Waals surface area contributed by atoms with Crippen LogP contribution >= 0.6 is 11.6 Å². The highest BCUT2D eigenvalue weighted by atomic mass is 35.5. The van der Waals surface area contributed by atoms with Gasteiger partial charge in [0.1, 0.15) is 5.82 Å². The first-order valence-electron chi connectivity index (χ1n) is 7.91. The number of halogens is 1. The maximum Gasteiger partial charge on any atom is 0.163 e. The monoisotopic (exact) mass is 346 g/mol. The summed E-state index contributed by atoms with van der Waals surface area (Å²) in [5.41, 5.74) is 3.74. The van der Waals surface area contributed by atoms with E-state index in [1.54, 1.807) is 12.4 Å². The Morgan fingerprint density at radius 2 is 1.80 bits per heavy atom. The van der Waals surface area contributed by atoms with Gasteiger partial charge in [0.15, 0.2) is 5.82 Å². The van der Waals surface area contributed by atoms with Crippen molar-refractivity contribution in [2.45, 2.75) is 0 Å². The molecule has 1 N–H and O–H groups in total. The molecule has 4 rings (SSSR count). The fourth-order valence-corrected chi connectivity index (χ4v) is 3.05. The van der Waals surface area contributed by atoms with E-state index >= 15 is 0 Å². The van der Waals surface area contributed by atoms with E-state index in [0.29, 0.717) is 5.82 Å². The minimum Gasteiger partial charge on any atom is -0.373 e. The predicted molar refractivity (Wildman–Crippen MR) is 103 cm³/mol. The van der Waals surface area contributed by atoms with Crippen LogP contribution in [0, 0.1) is 0 Å². The molecule has 2 aromatic carbocycles. The van der Waals surface area contributed by atoms with Crippen LogP contribution < -0.4 is 5.32 Å². The van der Waals surface area contributed by atoms with Crippen LogP contribution in [0.5, 0.6) is 0 Å². The summed E-state index contributed by atoms with van der Waals surface area (Å²) < 4.78 is 0. The quantitative estimate of drug-likeness (QED) is 0.563. The van der Waals surface area contributed by atoms with Crippen LogP contribution in [-0.2, 0) is 0 Å². The molecule has 122 valence electrons. The molecular weight excluding hydrogens is 332 g/mol. The fraction of sp³-hybridized carbons (Fsp3) is 0.0500. The average molecular weight is 347 g/mol. The molecule has 0 radical (unpaired) electrons. The highest BCUT2D eigenvalue weighted by Gasteiger charge is 2.11. The van der Waals surface area contributed by atoms with Gasteiger partial charge in [-0.05, 0) is 35.9 Å². The molecule has 4 nitrogen and oxygen atoms in total. The third kappa shape index (κ3) is 2.92. The average Bonchev–Trinajstić information content (AvgIpc) is 2.67. The summed E-state index contributed by atoms with van der Waals surface area (Å²) in [6.07, 6.45) is 3.50. The van der Waals surface area contributed by atoms with Crippen LogP contribution in [-0.4, -0.2) is 22.0 Å². The Hall–Kier alpha value is -2.98. The minimum atomic E-state index is 0.640. The highest BCUT2D eigenvalue weighted by Crippen LogP contribution is 2.32. The molecule has 4 aromatic rings. The first-order valence-corrected chi connectivity index (χ1v) is 8.29. The van der Waals surface area contributed by atoms with Crippen LogP contribution in [0.2, 0.25) is 5.02 Å². The Labute approximate surface area is 150 Å². The van der Waals surface area contributed by atoms with Crippen molar-refractivity contribution in [2.24, 2.45) is 0 Å². The van der Waals surface area contributed by atoms with Gasteiger partial charge in [-0.3, -0.25) is 4.98 Å². The van der Waals surface area contributed by atoms with E-state index in [2.05, 4.69) is 15.3 Å². The van der Waals surface area contributed by atoms with Crippen LogP contribution in [0.15, 0.2) is 67.0 Å². The van der Waals surface area contributed by atoms with E-state index in [1.165, 1.54) is 0 Å². The van der Waals surface area contributed by atoms with E-state index in [0.717, 1.165) is 38.4 Å². The zero-order valence-electron chi connectivity index (χ0n) is 13.6. The number of rotatable bonds is 3. The van der Waals surface area contributed by atoms with Gasteiger partial charge in [-0.15, -0.1) is 0 Å². The molecule has 25 heavy (non-hydrogen) atoms. The number of pyridine rings is 1. The second-order valence-electron chi connectivity index (χ2n) is 5.60. The predicted octanol–water partition coefficient (Wildman–Crippen LogP) is 5.05. The van der Waals surface area contributed by atoms with Gasteiger partial charge >= 0.3 is 0 Å². The number of fused-ring (bicyclic) bond motifs is 1. The van der Waals surface area contributed by atoms with Crippen molar-refractivity contribution in [3.8, 4) is 22.5 Å². The van der Waals surface area contributed by atoms with Gasteiger partial charge in [0.2, 0.25) is 0 Å². The van der Waals surface area contributed by atoms with Crippen LogP contribution in [0.1, 0.15) is 0 Å². The van der Waals surface area contributed by atoms with E-state index in [-0.39, 0.29) is 0 Å². The smallest absolute Gasteiger partial charge is 0.163 e. The Bertz CT molecular complexity index is 1050. The molecule has 0 amide bonds. The summed E-state index contributed by atoms with van der Waals surface area (Å²) >= 11 is 6.34. The van der Waals surface area contributed by atoms with Gasteiger partial charge in [-0.1, -0.05) is 35.9 Å². The largest absolute Gasteiger partial charge is 0.373 e. The molecule has 0 bridgehead atoms. The van der Waals surface area contributed by atoms with E-state index in [9.17, 15) is 0 Å². The van der Waals surface area contributed by atoms with E-state index in [4.69, 9.17) is 16.6 Å². The zero-order chi connectivity index (χ0) is 17.2. The Kier molecular flexibility index (Phi) is 4.04. The lowest BCUT2D eigenvalue weighted by atomic mass is 10.0. The molecular formula is C20H15ClN4. The van der Waals surface area contributed by atoms with Crippen molar-refractivity contribution in [3.63, 3.8) is 0 Å².